The largest absolute Gasteiger partial charge is 0.259 e. The minimum Gasteiger partial charge on any atom is -0.259 e. The van der Waals surface area contributed by atoms with Gasteiger partial charge in [-0.05, 0) is 29.4 Å². The molecular formula is C17H15BN3S2. The molecule has 0 saturated heterocycles. The molecule has 0 aromatic carbocycles. The lowest BCUT2D eigenvalue weighted by molar-refractivity contribution is 1.06. The van der Waals surface area contributed by atoms with E-state index in [1.165, 1.54) is 19.4 Å². The highest BCUT2D eigenvalue weighted by molar-refractivity contribution is 7.24. The van der Waals surface area contributed by atoms with Crippen molar-refractivity contribution in [2.24, 2.45) is 9.98 Å². The van der Waals surface area contributed by atoms with Gasteiger partial charge in [0.2, 0.25) is 0 Å². The Bertz CT molecular complexity index is 908. The van der Waals surface area contributed by atoms with Gasteiger partial charge in [-0.2, -0.15) is 11.3 Å². The molecule has 0 unspecified atom stereocenters. The molecule has 113 valence electrons. The van der Waals surface area contributed by atoms with E-state index in [0.29, 0.717) is 6.67 Å². The van der Waals surface area contributed by atoms with Crippen molar-refractivity contribution in [2.45, 2.75) is 20.2 Å². The third-order valence-electron chi connectivity index (χ3n) is 3.90. The number of aryl methyl sites for hydroxylation is 1. The number of rotatable bonds is 4. The Hall–Kier alpha value is -1.79. The Kier molecular flexibility index (Phi) is 3.87. The molecule has 1 aliphatic heterocycles. The van der Waals surface area contributed by atoms with E-state index in [1.54, 1.807) is 22.7 Å². The van der Waals surface area contributed by atoms with Gasteiger partial charge in [-0.3, -0.25) is 15.0 Å². The number of fused-ring (bicyclic) bond motifs is 1. The van der Waals surface area contributed by atoms with Crippen LogP contribution in [-0.4, -0.2) is 18.9 Å². The summed E-state index contributed by atoms with van der Waals surface area (Å²) in [7, 11) is 2.12. The van der Waals surface area contributed by atoms with Crippen LogP contribution in [0.2, 0.25) is 6.82 Å². The molecule has 3 nitrogen and oxygen atoms in total. The number of aromatic nitrogens is 1. The summed E-state index contributed by atoms with van der Waals surface area (Å²) in [4.78, 5) is 17.7. The molecule has 0 amide bonds. The standard InChI is InChI=1S/C17H15BN3S2/c1-3-10-4-5-13(22-10)16-17-15(20-9-21-17)11(8-19-16)12-6-7-14(18-2)23-12/h4-8H,3,9H2,1-2H3. The predicted molar refractivity (Wildman–Crippen MR) is 98.7 cm³/mol. The Labute approximate surface area is 143 Å². The molecule has 0 bridgehead atoms. The van der Waals surface area contributed by atoms with Gasteiger partial charge in [0.15, 0.2) is 7.28 Å². The Morgan fingerprint density at radius 1 is 1.04 bits per heavy atom. The van der Waals surface area contributed by atoms with Gasteiger partial charge >= 0.3 is 0 Å². The number of pyridine rings is 1. The Balaban J connectivity index is 1.87. The van der Waals surface area contributed by atoms with Gasteiger partial charge in [-0.1, -0.05) is 19.8 Å². The molecule has 0 atom stereocenters. The smallest absolute Gasteiger partial charge is 0.162 e. The maximum Gasteiger partial charge on any atom is 0.162 e. The molecule has 0 fully saturated rings. The number of thiophene rings is 2. The average molecular weight is 336 g/mol. The first-order chi connectivity index (χ1) is 11.3. The first-order valence-electron chi connectivity index (χ1n) is 7.66. The van der Waals surface area contributed by atoms with Crippen LogP contribution in [0.3, 0.4) is 0 Å². The molecule has 0 aliphatic carbocycles. The summed E-state index contributed by atoms with van der Waals surface area (Å²) in [6, 6.07) is 8.61. The summed E-state index contributed by atoms with van der Waals surface area (Å²) in [5.74, 6) is 0. The Morgan fingerprint density at radius 3 is 2.61 bits per heavy atom. The minimum absolute atomic E-state index is 0.505. The molecule has 3 aromatic heterocycles. The van der Waals surface area contributed by atoms with Crippen molar-refractivity contribution >= 4 is 34.7 Å². The second-order valence-electron chi connectivity index (χ2n) is 5.29. The number of hydrogen-bond acceptors (Lipinski definition) is 5. The van der Waals surface area contributed by atoms with E-state index in [4.69, 9.17) is 4.98 Å². The summed E-state index contributed by atoms with van der Waals surface area (Å²) in [5.41, 5.74) is 2.06. The van der Waals surface area contributed by atoms with Crippen molar-refractivity contribution < 1.29 is 0 Å². The van der Waals surface area contributed by atoms with Gasteiger partial charge in [0.1, 0.15) is 17.7 Å². The lowest BCUT2D eigenvalue weighted by atomic mass is 9.81. The van der Waals surface area contributed by atoms with Crippen molar-refractivity contribution in [3.8, 4) is 21.0 Å². The third kappa shape index (κ3) is 2.56. The van der Waals surface area contributed by atoms with E-state index in [2.05, 4.69) is 55.3 Å². The summed E-state index contributed by atoms with van der Waals surface area (Å²) in [6.45, 7) is 4.74. The van der Waals surface area contributed by atoms with E-state index >= 15 is 0 Å². The van der Waals surface area contributed by atoms with Crippen LogP contribution >= 0.6 is 22.7 Å². The van der Waals surface area contributed by atoms with Gasteiger partial charge in [0, 0.05) is 21.5 Å². The van der Waals surface area contributed by atoms with Crippen molar-refractivity contribution in [1.29, 1.82) is 0 Å². The summed E-state index contributed by atoms with van der Waals surface area (Å²) in [5, 5.41) is 1.94. The number of hydrogen-bond donors (Lipinski definition) is 0. The van der Waals surface area contributed by atoms with Crippen LogP contribution in [0.4, 0.5) is 0 Å². The quantitative estimate of drug-likeness (QED) is 0.675. The van der Waals surface area contributed by atoms with Gasteiger partial charge in [0.25, 0.3) is 0 Å². The SMILES string of the molecule is C[B]c1ccc(-c2cnc(-c3ccc(CC)s3)c3c2=NCN=3)s1. The van der Waals surface area contributed by atoms with Crippen LogP contribution in [0.1, 0.15) is 11.8 Å². The van der Waals surface area contributed by atoms with Crippen molar-refractivity contribution in [3.63, 3.8) is 0 Å². The molecule has 23 heavy (non-hydrogen) atoms. The molecule has 1 aliphatic rings. The average Bonchev–Trinajstić information content (AvgIpc) is 3.32. The zero-order valence-corrected chi connectivity index (χ0v) is 14.7. The second kappa shape index (κ2) is 6.02. The summed E-state index contributed by atoms with van der Waals surface area (Å²) < 4.78 is 1.26. The maximum absolute atomic E-state index is 4.73. The highest BCUT2D eigenvalue weighted by atomic mass is 32.1. The van der Waals surface area contributed by atoms with Gasteiger partial charge < -0.3 is 0 Å². The van der Waals surface area contributed by atoms with Crippen LogP contribution in [-0.2, 0) is 6.42 Å². The summed E-state index contributed by atoms with van der Waals surface area (Å²) >= 11 is 3.56. The lowest BCUT2D eigenvalue weighted by Crippen LogP contribution is -2.27. The van der Waals surface area contributed by atoms with Crippen LogP contribution in [0.5, 0.6) is 0 Å². The molecule has 1 radical (unpaired) electrons. The molecule has 6 heteroatoms. The molecule has 4 heterocycles. The van der Waals surface area contributed by atoms with Crippen molar-refractivity contribution in [2.75, 3.05) is 6.67 Å². The zero-order chi connectivity index (χ0) is 15.8. The maximum atomic E-state index is 4.73. The van der Waals surface area contributed by atoms with E-state index < -0.39 is 0 Å². The van der Waals surface area contributed by atoms with Gasteiger partial charge in [-0.25, -0.2) is 0 Å². The fourth-order valence-electron chi connectivity index (χ4n) is 2.69. The topological polar surface area (TPSA) is 37.6 Å². The monoisotopic (exact) mass is 336 g/mol. The van der Waals surface area contributed by atoms with Gasteiger partial charge in [0.05, 0.1) is 10.2 Å². The van der Waals surface area contributed by atoms with E-state index in [-0.39, 0.29) is 0 Å². The first-order valence-corrected chi connectivity index (χ1v) is 9.30. The molecule has 3 aromatic rings. The second-order valence-corrected chi connectivity index (χ2v) is 7.57. The van der Waals surface area contributed by atoms with E-state index in [0.717, 1.165) is 28.4 Å². The number of nitrogens with zero attached hydrogens (tertiary/aromatic N) is 3. The van der Waals surface area contributed by atoms with Crippen LogP contribution in [0.25, 0.3) is 21.0 Å². The highest BCUT2D eigenvalue weighted by Crippen LogP contribution is 2.26. The van der Waals surface area contributed by atoms with Crippen LogP contribution in [0, 0.1) is 0 Å². The van der Waals surface area contributed by atoms with E-state index in [9.17, 15) is 0 Å². The minimum atomic E-state index is 0.505. The van der Waals surface area contributed by atoms with Gasteiger partial charge in [-0.15, -0.1) is 11.3 Å². The van der Waals surface area contributed by atoms with Crippen LogP contribution < -0.4 is 15.5 Å². The zero-order valence-electron chi connectivity index (χ0n) is 13.0. The normalized spacial score (nSPS) is 12.6. The van der Waals surface area contributed by atoms with Crippen LogP contribution in [0.15, 0.2) is 40.4 Å². The fraction of sp³-hybridized carbons (Fsp3) is 0.235. The molecule has 0 N–H and O–H groups in total. The molecule has 4 rings (SSSR count). The predicted octanol–water partition coefficient (Wildman–Crippen LogP) is 2.69. The third-order valence-corrected chi connectivity index (χ3v) is 6.32. The van der Waals surface area contributed by atoms with E-state index in [1.807, 2.05) is 6.20 Å². The molecule has 0 saturated carbocycles. The molecular weight excluding hydrogens is 321 g/mol. The van der Waals surface area contributed by atoms with Crippen molar-refractivity contribution in [3.05, 3.63) is 46.1 Å². The fourth-order valence-corrected chi connectivity index (χ4v) is 4.53. The summed E-state index contributed by atoms with van der Waals surface area (Å²) in [6.07, 6.45) is 3.01. The highest BCUT2D eigenvalue weighted by Gasteiger charge is 2.15. The lowest BCUT2D eigenvalue weighted by Gasteiger charge is -2.01. The van der Waals surface area contributed by atoms with Crippen molar-refractivity contribution in [1.82, 2.24) is 4.98 Å². The Morgan fingerprint density at radius 2 is 1.87 bits per heavy atom. The first kappa shape index (κ1) is 14.8. The molecule has 0 spiro atoms.